The van der Waals surface area contributed by atoms with E-state index in [1.165, 1.54) is 51.4 Å². The van der Waals surface area contributed by atoms with Crippen LogP contribution in [0.4, 0.5) is 0 Å². The lowest BCUT2D eigenvalue weighted by molar-refractivity contribution is 0.108. The van der Waals surface area contributed by atoms with Crippen LogP contribution in [-0.4, -0.2) is 19.8 Å². The number of phosphoric acid groups is 1. The lowest BCUT2D eigenvalue weighted by Gasteiger charge is -2.18. The molecule has 0 spiro atoms. The van der Waals surface area contributed by atoms with Gasteiger partial charge in [0.05, 0.1) is 19.8 Å². The standard InChI is InChI=1S/C21H45O4P/c1-4-7-10-12-14-17-20-24-26(22,23-19-16-9-6-3)25-21-18-15-13-11-8-5-2/h4-21H2,1-3H3. The van der Waals surface area contributed by atoms with Gasteiger partial charge in [0.25, 0.3) is 0 Å². The van der Waals surface area contributed by atoms with Crippen molar-refractivity contribution in [3.63, 3.8) is 0 Å². The van der Waals surface area contributed by atoms with Crippen LogP contribution in [0.5, 0.6) is 0 Å². The highest BCUT2D eigenvalue weighted by molar-refractivity contribution is 7.48. The molecule has 0 bridgehead atoms. The Kier molecular flexibility index (Phi) is 19.9. The van der Waals surface area contributed by atoms with E-state index in [0.29, 0.717) is 19.8 Å². The fraction of sp³-hybridized carbons (Fsp3) is 1.00. The number of rotatable bonds is 21. The molecule has 26 heavy (non-hydrogen) atoms. The summed E-state index contributed by atoms with van der Waals surface area (Å²) in [4.78, 5) is 0. The Balaban J connectivity index is 3.98. The lowest BCUT2D eigenvalue weighted by Crippen LogP contribution is -2.04. The van der Waals surface area contributed by atoms with E-state index in [2.05, 4.69) is 20.8 Å². The molecular formula is C21H45O4P. The highest BCUT2D eigenvalue weighted by Crippen LogP contribution is 2.50. The zero-order chi connectivity index (χ0) is 19.3. The minimum Gasteiger partial charge on any atom is -0.287 e. The Labute approximate surface area is 163 Å². The molecule has 0 aromatic rings. The van der Waals surface area contributed by atoms with E-state index < -0.39 is 7.82 Å². The van der Waals surface area contributed by atoms with Crippen LogP contribution in [0, 0.1) is 0 Å². The van der Waals surface area contributed by atoms with E-state index >= 15 is 0 Å². The first-order chi connectivity index (χ1) is 12.7. The van der Waals surface area contributed by atoms with Gasteiger partial charge in [-0.3, -0.25) is 13.6 Å². The molecule has 0 aromatic carbocycles. The molecule has 0 aliphatic rings. The molecule has 0 aromatic heterocycles. The average Bonchev–Trinajstić information content (AvgIpc) is 2.64. The summed E-state index contributed by atoms with van der Waals surface area (Å²) in [5.41, 5.74) is 0. The number of phosphoric ester groups is 1. The second-order valence-corrected chi connectivity index (χ2v) is 8.86. The molecule has 0 fully saturated rings. The van der Waals surface area contributed by atoms with Gasteiger partial charge >= 0.3 is 7.82 Å². The van der Waals surface area contributed by atoms with E-state index in [1.807, 2.05) is 0 Å². The summed E-state index contributed by atoms with van der Waals surface area (Å²) < 4.78 is 29.5. The van der Waals surface area contributed by atoms with Gasteiger partial charge in [-0.2, -0.15) is 0 Å². The molecule has 0 unspecified atom stereocenters. The van der Waals surface area contributed by atoms with E-state index in [-0.39, 0.29) is 0 Å². The second kappa shape index (κ2) is 19.9. The first-order valence-electron chi connectivity index (χ1n) is 11.2. The molecule has 0 aliphatic heterocycles. The number of hydrogen-bond donors (Lipinski definition) is 0. The molecule has 0 N–H and O–H groups in total. The van der Waals surface area contributed by atoms with Crippen LogP contribution in [-0.2, 0) is 18.1 Å². The SMILES string of the molecule is CCCCCCCCOP(=O)(OCCCCC)OCCCCCCCC. The fourth-order valence-corrected chi connectivity index (χ4v) is 4.04. The van der Waals surface area contributed by atoms with Gasteiger partial charge in [0.1, 0.15) is 0 Å². The summed E-state index contributed by atoms with van der Waals surface area (Å²) in [6.45, 7) is 7.97. The second-order valence-electron chi connectivity index (χ2n) is 7.19. The third kappa shape index (κ3) is 17.5. The van der Waals surface area contributed by atoms with Crippen LogP contribution in [0.25, 0.3) is 0 Å². The Bertz CT molecular complexity index is 301. The minimum atomic E-state index is -3.38. The summed E-state index contributed by atoms with van der Waals surface area (Å²) in [7, 11) is -3.38. The number of hydrogen-bond acceptors (Lipinski definition) is 4. The Morgan fingerprint density at radius 1 is 0.462 bits per heavy atom. The third-order valence-corrected chi connectivity index (χ3v) is 5.99. The van der Waals surface area contributed by atoms with Crippen LogP contribution in [0.2, 0.25) is 0 Å². The summed E-state index contributed by atoms with van der Waals surface area (Å²) >= 11 is 0. The predicted molar refractivity (Wildman–Crippen MR) is 112 cm³/mol. The molecule has 0 saturated heterocycles. The van der Waals surface area contributed by atoms with E-state index in [4.69, 9.17) is 13.6 Å². The Hall–Kier alpha value is 0.110. The largest absolute Gasteiger partial charge is 0.474 e. The van der Waals surface area contributed by atoms with Crippen LogP contribution in [0.15, 0.2) is 0 Å². The lowest BCUT2D eigenvalue weighted by atomic mass is 10.1. The first-order valence-corrected chi connectivity index (χ1v) is 12.7. The maximum Gasteiger partial charge on any atom is 0.474 e. The molecule has 0 heterocycles. The van der Waals surface area contributed by atoms with Gasteiger partial charge < -0.3 is 0 Å². The van der Waals surface area contributed by atoms with Crippen molar-refractivity contribution in [2.45, 2.75) is 117 Å². The van der Waals surface area contributed by atoms with Crippen molar-refractivity contribution in [1.29, 1.82) is 0 Å². The van der Waals surface area contributed by atoms with Crippen LogP contribution in [0.3, 0.4) is 0 Å². The fourth-order valence-electron chi connectivity index (χ4n) is 2.76. The Morgan fingerprint density at radius 2 is 0.731 bits per heavy atom. The molecule has 5 heteroatoms. The first kappa shape index (κ1) is 26.1. The van der Waals surface area contributed by atoms with Gasteiger partial charge in [-0.15, -0.1) is 0 Å². The maximum absolute atomic E-state index is 12.8. The summed E-state index contributed by atoms with van der Waals surface area (Å²) in [5.74, 6) is 0. The van der Waals surface area contributed by atoms with Crippen molar-refractivity contribution in [3.05, 3.63) is 0 Å². The summed E-state index contributed by atoms with van der Waals surface area (Å²) in [6, 6.07) is 0. The molecule has 0 saturated carbocycles. The van der Waals surface area contributed by atoms with Crippen molar-refractivity contribution < 1.29 is 18.1 Å². The van der Waals surface area contributed by atoms with E-state index in [0.717, 1.165) is 44.9 Å². The molecule has 0 rings (SSSR count). The summed E-state index contributed by atoms with van der Waals surface area (Å²) in [5, 5.41) is 0. The van der Waals surface area contributed by atoms with Crippen molar-refractivity contribution in [2.75, 3.05) is 19.8 Å². The van der Waals surface area contributed by atoms with Crippen LogP contribution >= 0.6 is 7.82 Å². The molecule has 4 nitrogen and oxygen atoms in total. The zero-order valence-electron chi connectivity index (χ0n) is 17.8. The highest BCUT2D eigenvalue weighted by Gasteiger charge is 2.26. The predicted octanol–water partition coefficient (Wildman–Crippen LogP) is 8.06. The van der Waals surface area contributed by atoms with Crippen LogP contribution < -0.4 is 0 Å². The van der Waals surface area contributed by atoms with E-state index in [1.54, 1.807) is 0 Å². The number of unbranched alkanes of at least 4 members (excludes halogenated alkanes) is 12. The molecule has 0 amide bonds. The van der Waals surface area contributed by atoms with Crippen molar-refractivity contribution in [2.24, 2.45) is 0 Å². The van der Waals surface area contributed by atoms with Gasteiger partial charge in [0.2, 0.25) is 0 Å². The average molecular weight is 393 g/mol. The van der Waals surface area contributed by atoms with Crippen molar-refractivity contribution >= 4 is 7.82 Å². The normalized spacial score (nSPS) is 12.0. The molecule has 0 aliphatic carbocycles. The van der Waals surface area contributed by atoms with Crippen LogP contribution in [0.1, 0.15) is 117 Å². The minimum absolute atomic E-state index is 0.456. The monoisotopic (exact) mass is 392 g/mol. The van der Waals surface area contributed by atoms with Crippen molar-refractivity contribution in [1.82, 2.24) is 0 Å². The zero-order valence-corrected chi connectivity index (χ0v) is 18.7. The van der Waals surface area contributed by atoms with Gasteiger partial charge in [-0.25, -0.2) is 4.57 Å². The third-order valence-electron chi connectivity index (χ3n) is 4.49. The smallest absolute Gasteiger partial charge is 0.287 e. The maximum atomic E-state index is 12.8. The van der Waals surface area contributed by atoms with Gasteiger partial charge in [-0.1, -0.05) is 97.8 Å². The molecule has 158 valence electrons. The molecular weight excluding hydrogens is 347 g/mol. The van der Waals surface area contributed by atoms with Gasteiger partial charge in [0.15, 0.2) is 0 Å². The van der Waals surface area contributed by atoms with Crippen molar-refractivity contribution in [3.8, 4) is 0 Å². The molecule has 0 radical (unpaired) electrons. The van der Waals surface area contributed by atoms with E-state index in [9.17, 15) is 4.57 Å². The summed E-state index contributed by atoms with van der Waals surface area (Å²) in [6.07, 6.45) is 17.3. The highest BCUT2D eigenvalue weighted by atomic mass is 31.2. The van der Waals surface area contributed by atoms with Gasteiger partial charge in [-0.05, 0) is 19.3 Å². The van der Waals surface area contributed by atoms with Gasteiger partial charge in [0, 0.05) is 0 Å². The quantitative estimate of drug-likeness (QED) is 0.146. The molecule has 0 atom stereocenters. The Morgan fingerprint density at radius 3 is 1.12 bits per heavy atom. The topological polar surface area (TPSA) is 44.8 Å².